The number of halogens is 3. The highest BCUT2D eigenvalue weighted by molar-refractivity contribution is 7.89. The molecule has 5 rings (SSSR count). The molecule has 230 valence electrons. The summed E-state index contributed by atoms with van der Waals surface area (Å²) in [5.41, 5.74) is 1.02. The second kappa shape index (κ2) is 12.0. The number of aromatic nitrogens is 7. The number of piperidine rings is 1. The van der Waals surface area contributed by atoms with Crippen molar-refractivity contribution in [2.75, 3.05) is 25.0 Å². The summed E-state index contributed by atoms with van der Waals surface area (Å²) in [7, 11) is -2.07. The molecular formula is C27H33F3N10O2S. The lowest BCUT2D eigenvalue weighted by atomic mass is 9.95. The van der Waals surface area contributed by atoms with Crippen LogP contribution in [0.4, 0.5) is 19.1 Å². The van der Waals surface area contributed by atoms with Crippen molar-refractivity contribution in [3.63, 3.8) is 0 Å². The summed E-state index contributed by atoms with van der Waals surface area (Å²) >= 11 is 0. The van der Waals surface area contributed by atoms with Crippen LogP contribution < -0.4 is 10.6 Å². The highest BCUT2D eigenvalue weighted by Gasteiger charge is 2.37. The number of hydrogen-bond donors (Lipinski definition) is 2. The van der Waals surface area contributed by atoms with Crippen molar-refractivity contribution in [1.29, 1.82) is 0 Å². The molecule has 1 saturated heterocycles. The van der Waals surface area contributed by atoms with Gasteiger partial charge in [-0.05, 0) is 37.9 Å². The number of sulfonamides is 1. The standard InChI is InChI=1S/C27H33F3N10O2S/c1-5-31-11-20-6-7-23(18(3)35-20)40-14-19(10-34-40)25-21(27(28,29)30)12-32-26(37-25)36-22-8-9-39(13-17(22)2)43(41,42)24-15-38(4)16-33-24/h6-7,10,12,14-17,22,31H,5,8-9,11,13H2,1-4H3,(H,32,36,37)/t17-,22+/m1/s1. The number of nitrogens with zero attached hydrogens (tertiary/aromatic N) is 8. The van der Waals surface area contributed by atoms with E-state index < -0.39 is 21.8 Å². The van der Waals surface area contributed by atoms with Gasteiger partial charge in [-0.15, -0.1) is 0 Å². The second-order valence-corrected chi connectivity index (χ2v) is 12.5. The SMILES string of the molecule is CCNCc1ccc(-n2cc(-c3nc(N[C@H]4CCN(S(=O)(=O)c5cn(C)cn5)C[C@H]4C)ncc3C(F)(F)F)cn2)c(C)n1. The molecule has 0 amide bonds. The number of rotatable bonds is 9. The van der Waals surface area contributed by atoms with E-state index in [4.69, 9.17) is 0 Å². The summed E-state index contributed by atoms with van der Waals surface area (Å²) in [6.45, 7) is 7.50. The van der Waals surface area contributed by atoms with Crippen LogP contribution in [-0.4, -0.2) is 72.7 Å². The van der Waals surface area contributed by atoms with Crippen LogP contribution in [0.3, 0.4) is 0 Å². The molecule has 0 bridgehead atoms. The zero-order valence-corrected chi connectivity index (χ0v) is 25.0. The van der Waals surface area contributed by atoms with Crippen LogP contribution in [0, 0.1) is 12.8 Å². The summed E-state index contributed by atoms with van der Waals surface area (Å²) in [5, 5.41) is 10.6. The fourth-order valence-electron chi connectivity index (χ4n) is 5.02. The molecule has 4 aromatic rings. The molecular weight excluding hydrogens is 585 g/mol. The van der Waals surface area contributed by atoms with E-state index in [-0.39, 0.29) is 47.3 Å². The number of hydrogen-bond acceptors (Lipinski definition) is 9. The zero-order valence-electron chi connectivity index (χ0n) is 24.2. The van der Waals surface area contributed by atoms with E-state index in [0.29, 0.717) is 24.3 Å². The molecule has 1 fully saturated rings. The van der Waals surface area contributed by atoms with E-state index in [1.807, 2.05) is 32.9 Å². The topological polar surface area (TPSA) is 136 Å². The van der Waals surface area contributed by atoms with Gasteiger partial charge in [-0.25, -0.2) is 28.1 Å². The number of aryl methyl sites for hydroxylation is 2. The molecule has 0 unspecified atom stereocenters. The summed E-state index contributed by atoms with van der Waals surface area (Å²) in [6, 6.07) is 3.40. The van der Waals surface area contributed by atoms with Gasteiger partial charge in [0, 0.05) is 56.9 Å². The molecule has 5 heterocycles. The smallest absolute Gasteiger partial charge is 0.351 e. The monoisotopic (exact) mass is 618 g/mol. The molecule has 0 spiro atoms. The third-order valence-corrected chi connectivity index (χ3v) is 9.09. The van der Waals surface area contributed by atoms with Crippen molar-refractivity contribution >= 4 is 16.0 Å². The van der Waals surface area contributed by atoms with Gasteiger partial charge < -0.3 is 15.2 Å². The first-order valence-corrected chi connectivity index (χ1v) is 15.2. The fraction of sp³-hybridized carbons (Fsp3) is 0.444. The zero-order chi connectivity index (χ0) is 30.9. The summed E-state index contributed by atoms with van der Waals surface area (Å²) < 4.78 is 72.5. The molecule has 1 aliphatic heterocycles. The van der Waals surface area contributed by atoms with Gasteiger partial charge in [0.1, 0.15) is 5.56 Å². The second-order valence-electron chi connectivity index (χ2n) is 10.6. The maximum atomic E-state index is 14.0. The lowest BCUT2D eigenvalue weighted by Crippen LogP contribution is -2.47. The lowest BCUT2D eigenvalue weighted by molar-refractivity contribution is -0.137. The molecule has 2 atom stereocenters. The maximum absolute atomic E-state index is 14.0. The van der Waals surface area contributed by atoms with E-state index in [1.54, 1.807) is 11.6 Å². The van der Waals surface area contributed by atoms with Crippen LogP contribution in [-0.2, 0) is 29.8 Å². The van der Waals surface area contributed by atoms with Crippen LogP contribution >= 0.6 is 0 Å². The number of anilines is 1. The van der Waals surface area contributed by atoms with E-state index in [9.17, 15) is 21.6 Å². The van der Waals surface area contributed by atoms with Crippen LogP contribution in [0.2, 0.25) is 0 Å². The third kappa shape index (κ3) is 6.55. The van der Waals surface area contributed by atoms with E-state index in [1.165, 1.54) is 33.9 Å². The first-order valence-electron chi connectivity index (χ1n) is 13.8. The van der Waals surface area contributed by atoms with Crippen LogP contribution in [0.5, 0.6) is 0 Å². The Labute approximate surface area is 247 Å². The van der Waals surface area contributed by atoms with Gasteiger partial charge in [-0.2, -0.15) is 22.6 Å². The van der Waals surface area contributed by atoms with E-state index in [0.717, 1.165) is 18.4 Å². The average Bonchev–Trinajstić information content (AvgIpc) is 3.62. The van der Waals surface area contributed by atoms with Crippen LogP contribution in [0.25, 0.3) is 16.9 Å². The van der Waals surface area contributed by atoms with Crippen molar-refractivity contribution in [2.24, 2.45) is 13.0 Å². The molecule has 4 aromatic heterocycles. The number of alkyl halides is 3. The van der Waals surface area contributed by atoms with Crippen LogP contribution in [0.15, 0.2) is 48.3 Å². The molecule has 16 heteroatoms. The molecule has 0 radical (unpaired) electrons. The minimum absolute atomic E-state index is 0.0132. The summed E-state index contributed by atoms with van der Waals surface area (Å²) in [6.07, 6.45) is 2.15. The summed E-state index contributed by atoms with van der Waals surface area (Å²) in [4.78, 5) is 16.8. The lowest BCUT2D eigenvalue weighted by Gasteiger charge is -2.36. The van der Waals surface area contributed by atoms with Crippen molar-refractivity contribution in [2.45, 2.75) is 51.0 Å². The minimum atomic E-state index is -4.69. The highest BCUT2D eigenvalue weighted by atomic mass is 32.2. The van der Waals surface area contributed by atoms with Gasteiger partial charge in [-0.3, -0.25) is 4.98 Å². The quantitative estimate of drug-likeness (QED) is 0.289. The Morgan fingerprint density at radius 3 is 2.56 bits per heavy atom. The number of nitrogens with one attached hydrogen (secondary N) is 2. The first-order chi connectivity index (χ1) is 20.4. The fourth-order valence-corrected chi connectivity index (χ4v) is 6.54. The molecule has 43 heavy (non-hydrogen) atoms. The van der Waals surface area contributed by atoms with E-state index >= 15 is 0 Å². The van der Waals surface area contributed by atoms with Gasteiger partial charge in [-0.1, -0.05) is 13.8 Å². The highest BCUT2D eigenvalue weighted by Crippen LogP contribution is 2.36. The predicted molar refractivity (Wildman–Crippen MR) is 153 cm³/mol. The normalized spacial score (nSPS) is 18.2. The Kier molecular flexibility index (Phi) is 8.54. The van der Waals surface area contributed by atoms with Gasteiger partial charge in [0.05, 0.1) is 35.3 Å². The number of imidazole rings is 1. The van der Waals surface area contributed by atoms with Gasteiger partial charge in [0.25, 0.3) is 10.0 Å². The Morgan fingerprint density at radius 2 is 1.91 bits per heavy atom. The molecule has 1 aliphatic rings. The molecule has 0 aliphatic carbocycles. The molecule has 12 nitrogen and oxygen atoms in total. The Hall–Kier alpha value is -3.89. The van der Waals surface area contributed by atoms with Crippen molar-refractivity contribution < 1.29 is 21.6 Å². The maximum Gasteiger partial charge on any atom is 0.419 e. The Morgan fingerprint density at radius 1 is 1.12 bits per heavy atom. The van der Waals surface area contributed by atoms with Crippen molar-refractivity contribution in [3.8, 4) is 16.9 Å². The van der Waals surface area contributed by atoms with Crippen molar-refractivity contribution in [3.05, 3.63) is 60.2 Å². The largest absolute Gasteiger partial charge is 0.419 e. The first kappa shape index (κ1) is 30.6. The van der Waals surface area contributed by atoms with E-state index in [2.05, 4.69) is 35.7 Å². The number of pyridine rings is 1. The van der Waals surface area contributed by atoms with Gasteiger partial charge in [0.2, 0.25) is 5.95 Å². The minimum Gasteiger partial charge on any atom is -0.351 e. The predicted octanol–water partition coefficient (Wildman–Crippen LogP) is 3.41. The van der Waals surface area contributed by atoms with Gasteiger partial charge in [0.15, 0.2) is 5.03 Å². The Bertz CT molecular complexity index is 1700. The van der Waals surface area contributed by atoms with Crippen LogP contribution in [0.1, 0.15) is 37.2 Å². The van der Waals surface area contributed by atoms with Crippen molar-refractivity contribution in [1.82, 2.24) is 43.9 Å². The Balaban J connectivity index is 1.37. The molecule has 0 saturated carbocycles. The van der Waals surface area contributed by atoms with Gasteiger partial charge >= 0.3 is 6.18 Å². The summed E-state index contributed by atoms with van der Waals surface area (Å²) in [5.74, 6) is -0.172. The average molecular weight is 619 g/mol. The third-order valence-electron chi connectivity index (χ3n) is 7.34. The molecule has 2 N–H and O–H groups in total. The molecule has 0 aromatic carbocycles.